The van der Waals surface area contributed by atoms with Gasteiger partial charge in [0.15, 0.2) is 0 Å². The number of unbranched alkanes of at least 4 members (excludes halogenated alkanes) is 5. The third kappa shape index (κ3) is 12.7. The van der Waals surface area contributed by atoms with Crippen LogP contribution >= 0.6 is 0 Å². The van der Waals surface area contributed by atoms with E-state index in [0.717, 1.165) is 17.6 Å². The van der Waals surface area contributed by atoms with E-state index in [2.05, 4.69) is 27.6 Å². The first-order chi connectivity index (χ1) is 8.89. The summed E-state index contributed by atoms with van der Waals surface area (Å²) in [7, 11) is 4.39. The minimum atomic E-state index is -0.278. The molecule has 0 atom stereocenters. The SMILES string of the molecule is C=C(C)C(=O)OCC[N+](C)(C)CCCCCCCC.[Br-]. The van der Waals surface area contributed by atoms with Gasteiger partial charge in [-0.25, -0.2) is 4.79 Å². The number of rotatable bonds is 11. The molecule has 0 unspecified atom stereocenters. The lowest BCUT2D eigenvalue weighted by atomic mass is 10.1. The van der Waals surface area contributed by atoms with Gasteiger partial charge in [0.05, 0.1) is 20.6 Å². The molecular weight excluding hydrogens is 318 g/mol. The molecule has 3 nitrogen and oxygen atoms in total. The minimum Gasteiger partial charge on any atom is -1.00 e. The fraction of sp³-hybridized carbons (Fsp3) is 0.812. The maximum atomic E-state index is 11.3. The zero-order valence-electron chi connectivity index (χ0n) is 13.7. The van der Waals surface area contributed by atoms with Crippen LogP contribution in [0.1, 0.15) is 52.4 Å². The molecule has 0 aromatic rings. The normalized spacial score (nSPS) is 10.8. The van der Waals surface area contributed by atoms with Crippen molar-refractivity contribution < 1.29 is 31.0 Å². The van der Waals surface area contributed by atoms with Gasteiger partial charge in [-0.2, -0.15) is 0 Å². The second kappa shape index (κ2) is 12.4. The standard InChI is InChI=1S/C16H32NO2.BrH/c1-6-7-8-9-10-11-12-17(4,5)13-14-19-16(18)15(2)3;/h2,6-14H2,1,3-5H3;1H/q+1;/p-1. The number of hydrogen-bond donors (Lipinski definition) is 0. The Morgan fingerprint density at radius 1 is 1.05 bits per heavy atom. The molecule has 0 aliphatic rings. The summed E-state index contributed by atoms with van der Waals surface area (Å²) in [5.74, 6) is -0.278. The first kappa shape index (κ1) is 21.9. The molecule has 0 aromatic carbocycles. The van der Waals surface area contributed by atoms with E-state index in [9.17, 15) is 4.79 Å². The smallest absolute Gasteiger partial charge is 0.333 e. The molecule has 0 fully saturated rings. The lowest BCUT2D eigenvalue weighted by Gasteiger charge is -2.29. The quantitative estimate of drug-likeness (QED) is 0.235. The van der Waals surface area contributed by atoms with Crippen molar-refractivity contribution in [3.05, 3.63) is 12.2 Å². The number of likely N-dealkylation sites (N-methyl/N-ethyl adjacent to an activating group) is 1. The summed E-state index contributed by atoms with van der Waals surface area (Å²) in [6.07, 6.45) is 7.93. The molecule has 0 N–H and O–H groups in total. The summed E-state index contributed by atoms with van der Waals surface area (Å²) in [4.78, 5) is 11.3. The van der Waals surface area contributed by atoms with Gasteiger partial charge in [0.2, 0.25) is 0 Å². The van der Waals surface area contributed by atoms with Crippen LogP contribution < -0.4 is 17.0 Å². The average molecular weight is 350 g/mol. The molecule has 20 heavy (non-hydrogen) atoms. The molecule has 0 rings (SSSR count). The van der Waals surface area contributed by atoms with Crippen LogP contribution in [0.4, 0.5) is 0 Å². The van der Waals surface area contributed by atoms with Crippen molar-refractivity contribution in [2.24, 2.45) is 0 Å². The van der Waals surface area contributed by atoms with E-state index in [4.69, 9.17) is 4.74 Å². The van der Waals surface area contributed by atoms with Crippen LogP contribution in [-0.2, 0) is 9.53 Å². The van der Waals surface area contributed by atoms with Crippen molar-refractivity contribution in [2.75, 3.05) is 33.8 Å². The number of carbonyl (C=O) groups is 1. The number of carbonyl (C=O) groups excluding carboxylic acids is 1. The summed E-state index contributed by atoms with van der Waals surface area (Å²) in [5.41, 5.74) is 0.473. The van der Waals surface area contributed by atoms with Gasteiger partial charge in [-0.05, 0) is 19.8 Å². The molecule has 0 aliphatic carbocycles. The molecule has 0 aromatic heterocycles. The van der Waals surface area contributed by atoms with E-state index in [1.54, 1.807) is 6.92 Å². The van der Waals surface area contributed by atoms with Gasteiger partial charge in [-0.3, -0.25) is 0 Å². The van der Waals surface area contributed by atoms with Crippen LogP contribution in [0.15, 0.2) is 12.2 Å². The largest absolute Gasteiger partial charge is 1.00 e. The van der Waals surface area contributed by atoms with Gasteiger partial charge in [0.25, 0.3) is 0 Å². The van der Waals surface area contributed by atoms with E-state index < -0.39 is 0 Å². The van der Waals surface area contributed by atoms with Gasteiger partial charge in [0.1, 0.15) is 13.2 Å². The Morgan fingerprint density at radius 2 is 1.60 bits per heavy atom. The molecule has 0 radical (unpaired) electrons. The van der Waals surface area contributed by atoms with Crippen LogP contribution in [0.25, 0.3) is 0 Å². The third-order valence-electron chi connectivity index (χ3n) is 3.40. The highest BCUT2D eigenvalue weighted by Gasteiger charge is 2.15. The summed E-state index contributed by atoms with van der Waals surface area (Å²) < 4.78 is 6.06. The zero-order valence-corrected chi connectivity index (χ0v) is 15.3. The zero-order chi connectivity index (χ0) is 14.7. The van der Waals surface area contributed by atoms with E-state index in [0.29, 0.717) is 12.2 Å². The van der Waals surface area contributed by atoms with Crippen molar-refractivity contribution in [1.82, 2.24) is 0 Å². The van der Waals surface area contributed by atoms with E-state index in [1.807, 2.05) is 0 Å². The fourth-order valence-electron chi connectivity index (χ4n) is 1.94. The number of nitrogens with zero attached hydrogens (tertiary/aromatic N) is 1. The average Bonchev–Trinajstić information content (AvgIpc) is 2.33. The van der Waals surface area contributed by atoms with Gasteiger partial charge < -0.3 is 26.2 Å². The lowest BCUT2D eigenvalue weighted by Crippen LogP contribution is -3.00. The van der Waals surface area contributed by atoms with E-state index >= 15 is 0 Å². The van der Waals surface area contributed by atoms with E-state index in [1.165, 1.54) is 38.5 Å². The Labute approximate surface area is 135 Å². The van der Waals surface area contributed by atoms with Crippen molar-refractivity contribution in [3.8, 4) is 0 Å². The van der Waals surface area contributed by atoms with Gasteiger partial charge in [-0.1, -0.05) is 39.2 Å². The number of esters is 1. The molecule has 120 valence electrons. The predicted octanol–water partition coefficient (Wildman–Crippen LogP) is 0.547. The Bertz CT molecular complexity index is 278. The van der Waals surface area contributed by atoms with Crippen molar-refractivity contribution in [2.45, 2.75) is 52.4 Å². The summed E-state index contributed by atoms with van der Waals surface area (Å²) in [6.45, 7) is 10.00. The highest BCUT2D eigenvalue weighted by molar-refractivity contribution is 5.86. The second-order valence-corrected chi connectivity index (χ2v) is 6.07. The first-order valence-electron chi connectivity index (χ1n) is 7.53. The van der Waals surface area contributed by atoms with E-state index in [-0.39, 0.29) is 23.0 Å². The minimum absolute atomic E-state index is 0. The van der Waals surface area contributed by atoms with Crippen LogP contribution in [0, 0.1) is 0 Å². The molecule has 0 amide bonds. The molecule has 0 spiro atoms. The number of ether oxygens (including phenoxy) is 1. The highest BCUT2D eigenvalue weighted by atomic mass is 79.9. The van der Waals surface area contributed by atoms with Crippen LogP contribution in [0.5, 0.6) is 0 Å². The maximum Gasteiger partial charge on any atom is 0.333 e. The van der Waals surface area contributed by atoms with Gasteiger partial charge >= 0.3 is 5.97 Å². The van der Waals surface area contributed by atoms with Crippen molar-refractivity contribution >= 4 is 5.97 Å². The van der Waals surface area contributed by atoms with Gasteiger partial charge in [-0.15, -0.1) is 0 Å². The Kier molecular flexibility index (Phi) is 13.6. The highest BCUT2D eigenvalue weighted by Crippen LogP contribution is 2.08. The lowest BCUT2D eigenvalue weighted by molar-refractivity contribution is -0.890. The molecule has 0 aliphatic heterocycles. The topological polar surface area (TPSA) is 26.3 Å². The third-order valence-corrected chi connectivity index (χ3v) is 3.40. The Morgan fingerprint density at radius 3 is 2.15 bits per heavy atom. The Hall–Kier alpha value is -0.350. The fourth-order valence-corrected chi connectivity index (χ4v) is 1.94. The molecule has 0 bridgehead atoms. The van der Waals surface area contributed by atoms with Crippen molar-refractivity contribution in [3.63, 3.8) is 0 Å². The molecule has 4 heteroatoms. The number of hydrogen-bond acceptors (Lipinski definition) is 2. The predicted molar refractivity (Wildman–Crippen MR) is 81.0 cm³/mol. The molecule has 0 heterocycles. The monoisotopic (exact) mass is 349 g/mol. The number of quaternary nitrogens is 1. The van der Waals surface area contributed by atoms with Crippen LogP contribution in [0.2, 0.25) is 0 Å². The number of halogens is 1. The van der Waals surface area contributed by atoms with Crippen LogP contribution in [0.3, 0.4) is 0 Å². The molecule has 0 saturated carbocycles. The Balaban J connectivity index is 0. The second-order valence-electron chi connectivity index (χ2n) is 6.07. The summed E-state index contributed by atoms with van der Waals surface area (Å²) in [5, 5.41) is 0. The first-order valence-corrected chi connectivity index (χ1v) is 7.53. The van der Waals surface area contributed by atoms with Gasteiger partial charge in [0, 0.05) is 5.57 Å². The molecule has 0 saturated heterocycles. The molecular formula is C16H32BrNO2. The maximum absolute atomic E-state index is 11.3. The van der Waals surface area contributed by atoms with Crippen molar-refractivity contribution in [1.29, 1.82) is 0 Å². The summed E-state index contributed by atoms with van der Waals surface area (Å²) in [6, 6.07) is 0. The van der Waals surface area contributed by atoms with Crippen LogP contribution in [-0.4, -0.2) is 44.2 Å². The summed E-state index contributed by atoms with van der Waals surface area (Å²) >= 11 is 0.